The number of hydrogen-bond donors (Lipinski definition) is 2. The van der Waals surface area contributed by atoms with Gasteiger partial charge >= 0.3 is 5.97 Å². The summed E-state index contributed by atoms with van der Waals surface area (Å²) < 4.78 is 5.68. The van der Waals surface area contributed by atoms with E-state index in [9.17, 15) is 33.9 Å². The average Bonchev–Trinajstić information content (AvgIpc) is 3.14. The van der Waals surface area contributed by atoms with E-state index < -0.39 is 53.3 Å². The predicted molar refractivity (Wildman–Crippen MR) is 127 cm³/mol. The Morgan fingerprint density at radius 3 is 2.35 bits per heavy atom. The molecular formula is C25H30N4O8. The highest BCUT2D eigenvalue weighted by Gasteiger charge is 2.50. The van der Waals surface area contributed by atoms with Crippen molar-refractivity contribution in [2.24, 2.45) is 0 Å². The zero-order valence-electron chi connectivity index (χ0n) is 20.8. The number of imide groups is 2. The molecule has 3 aliphatic rings. The van der Waals surface area contributed by atoms with Gasteiger partial charge in [-0.1, -0.05) is 19.1 Å². The van der Waals surface area contributed by atoms with Gasteiger partial charge in [-0.25, -0.2) is 4.79 Å². The van der Waals surface area contributed by atoms with Crippen molar-refractivity contribution in [2.75, 3.05) is 26.2 Å². The largest absolute Gasteiger partial charge is 0.480 e. The number of nitrogens with one attached hydrogen (secondary N) is 1. The van der Waals surface area contributed by atoms with Crippen LogP contribution in [-0.2, 0) is 23.9 Å². The maximum absolute atomic E-state index is 13.4. The van der Waals surface area contributed by atoms with Crippen LogP contribution in [0.3, 0.4) is 0 Å². The summed E-state index contributed by atoms with van der Waals surface area (Å²) in [6.45, 7) is 3.74. The zero-order chi connectivity index (χ0) is 26.9. The lowest BCUT2D eigenvalue weighted by Gasteiger charge is -2.45. The molecule has 1 aromatic rings. The number of benzene rings is 1. The molecule has 5 amide bonds. The molecular weight excluding hydrogens is 484 g/mol. The number of carbonyl (C=O) groups excluding carboxylic acids is 5. The van der Waals surface area contributed by atoms with E-state index in [0.29, 0.717) is 13.2 Å². The number of aliphatic carboxylic acids is 1. The number of likely N-dealkylation sites (tertiary alicyclic amines) is 1. The van der Waals surface area contributed by atoms with Crippen LogP contribution in [0.25, 0.3) is 0 Å². The molecule has 198 valence electrons. The number of carbonyl (C=O) groups is 6. The smallest absolute Gasteiger partial charge is 0.329 e. The Hall–Kier alpha value is -3.64. The number of rotatable bonds is 8. The van der Waals surface area contributed by atoms with E-state index in [1.165, 1.54) is 24.0 Å². The maximum atomic E-state index is 13.4. The maximum Gasteiger partial charge on any atom is 0.329 e. The van der Waals surface area contributed by atoms with E-state index in [2.05, 4.69) is 5.32 Å². The molecule has 3 aliphatic heterocycles. The summed E-state index contributed by atoms with van der Waals surface area (Å²) >= 11 is 0. The van der Waals surface area contributed by atoms with E-state index in [0.717, 1.165) is 9.80 Å². The molecule has 1 unspecified atom stereocenters. The number of piperidine rings is 1. The molecule has 0 spiro atoms. The molecule has 0 aromatic heterocycles. The minimum absolute atomic E-state index is 0.0160. The van der Waals surface area contributed by atoms with Crippen molar-refractivity contribution in [1.82, 2.24) is 20.0 Å². The normalized spacial score (nSPS) is 23.6. The van der Waals surface area contributed by atoms with Crippen molar-refractivity contribution in [3.63, 3.8) is 0 Å². The number of carboxylic acid groups (broad SMARTS) is 1. The van der Waals surface area contributed by atoms with Gasteiger partial charge in [0.05, 0.1) is 17.7 Å². The fourth-order valence-corrected chi connectivity index (χ4v) is 5.09. The summed E-state index contributed by atoms with van der Waals surface area (Å²) in [7, 11) is 0. The Bertz CT molecular complexity index is 1110. The van der Waals surface area contributed by atoms with E-state index in [1.807, 2.05) is 0 Å². The van der Waals surface area contributed by atoms with E-state index in [-0.39, 0.29) is 49.9 Å². The minimum Gasteiger partial charge on any atom is -0.480 e. The molecule has 37 heavy (non-hydrogen) atoms. The van der Waals surface area contributed by atoms with Gasteiger partial charge in [0.25, 0.3) is 17.7 Å². The summed E-state index contributed by atoms with van der Waals surface area (Å²) in [5.41, 5.74) is -1.41. The molecule has 0 aliphatic carbocycles. The number of carboxylic acids is 1. The van der Waals surface area contributed by atoms with Gasteiger partial charge in [0.2, 0.25) is 11.8 Å². The van der Waals surface area contributed by atoms with Crippen LogP contribution in [0.4, 0.5) is 0 Å². The quantitative estimate of drug-likeness (QED) is 0.464. The third-order valence-electron chi connectivity index (χ3n) is 7.20. The van der Waals surface area contributed by atoms with Crippen molar-refractivity contribution >= 4 is 35.5 Å². The molecule has 3 atom stereocenters. The van der Waals surface area contributed by atoms with Crippen molar-refractivity contribution in [2.45, 2.75) is 57.3 Å². The number of amides is 5. The highest BCUT2D eigenvalue weighted by atomic mass is 16.5. The molecule has 1 aromatic carbocycles. The molecule has 2 fully saturated rings. The lowest BCUT2D eigenvalue weighted by Crippen LogP contribution is -2.64. The van der Waals surface area contributed by atoms with E-state index in [4.69, 9.17) is 4.74 Å². The number of nitrogens with zero attached hydrogens (tertiary/aromatic N) is 3. The topological polar surface area (TPSA) is 154 Å². The first-order valence-electron chi connectivity index (χ1n) is 12.3. The summed E-state index contributed by atoms with van der Waals surface area (Å²) in [5.74, 6) is -4.25. The van der Waals surface area contributed by atoms with Crippen LogP contribution in [0.1, 0.15) is 60.2 Å². The molecule has 2 saturated heterocycles. The standard InChI is InChI=1S/C25H30N4O8/c1-3-18(30)29(20-14-26-11-13-37-20)25(2,24(35)36)10-12-27-19(31)9-8-17(23(27)34)28-21(32)15-6-4-5-7-16(15)22(28)33/h4-7,17,20,26H,3,8-14H2,1-2H3,(H,35,36)/t17?,20-,25+/m1/s1. The Kier molecular flexibility index (Phi) is 7.42. The van der Waals surface area contributed by atoms with Crippen molar-refractivity contribution in [3.8, 4) is 0 Å². The predicted octanol–water partition coefficient (Wildman–Crippen LogP) is 0.218. The van der Waals surface area contributed by atoms with Gasteiger partial charge in [-0.05, 0) is 31.9 Å². The fraction of sp³-hybridized carbons (Fsp3) is 0.520. The zero-order valence-corrected chi connectivity index (χ0v) is 20.8. The first kappa shape index (κ1) is 26.4. The van der Waals surface area contributed by atoms with Crippen LogP contribution in [0.5, 0.6) is 0 Å². The third kappa shape index (κ3) is 4.62. The van der Waals surface area contributed by atoms with E-state index in [1.54, 1.807) is 19.1 Å². The molecule has 2 N–H and O–H groups in total. The van der Waals surface area contributed by atoms with Crippen LogP contribution < -0.4 is 5.32 Å². The average molecular weight is 515 g/mol. The molecule has 4 rings (SSSR count). The molecule has 12 nitrogen and oxygen atoms in total. The van der Waals surface area contributed by atoms with E-state index >= 15 is 0 Å². The van der Waals surface area contributed by atoms with Gasteiger partial charge in [-0.15, -0.1) is 0 Å². The van der Waals surface area contributed by atoms with Crippen molar-refractivity contribution in [3.05, 3.63) is 35.4 Å². The van der Waals surface area contributed by atoms with Gasteiger partial charge in [0, 0.05) is 32.5 Å². The van der Waals surface area contributed by atoms with Crippen LogP contribution in [0, 0.1) is 0 Å². The second kappa shape index (κ2) is 10.4. The summed E-state index contributed by atoms with van der Waals surface area (Å²) in [6, 6.07) is 5.07. The molecule has 0 bridgehead atoms. The monoisotopic (exact) mass is 514 g/mol. The Morgan fingerprint density at radius 2 is 1.81 bits per heavy atom. The summed E-state index contributed by atoms with van der Waals surface area (Å²) in [5, 5.41) is 13.3. The number of hydrogen-bond acceptors (Lipinski definition) is 8. The Balaban J connectivity index is 1.56. The van der Waals surface area contributed by atoms with Crippen LogP contribution >= 0.6 is 0 Å². The number of fused-ring (bicyclic) bond motifs is 1. The second-order valence-corrected chi connectivity index (χ2v) is 9.44. The SMILES string of the molecule is CCC(=O)N([C@H]1CNCCO1)[C@@](C)(CCN1C(=O)CCC(N2C(=O)c3ccccc3C2=O)C1=O)C(=O)O. The van der Waals surface area contributed by atoms with Gasteiger partial charge in [0.15, 0.2) is 0 Å². The van der Waals surface area contributed by atoms with Crippen molar-refractivity contribution in [1.29, 1.82) is 0 Å². The Labute approximate surface area is 213 Å². The second-order valence-electron chi connectivity index (χ2n) is 9.44. The number of morpholine rings is 1. The van der Waals surface area contributed by atoms with Crippen LogP contribution in [0.2, 0.25) is 0 Å². The Morgan fingerprint density at radius 1 is 1.16 bits per heavy atom. The lowest BCUT2D eigenvalue weighted by atomic mass is 9.92. The van der Waals surface area contributed by atoms with Crippen molar-refractivity contribution < 1.29 is 38.6 Å². The van der Waals surface area contributed by atoms with Gasteiger partial charge in [0.1, 0.15) is 17.8 Å². The van der Waals surface area contributed by atoms with Crippen LogP contribution in [-0.4, -0.2) is 99.4 Å². The van der Waals surface area contributed by atoms with Gasteiger partial charge in [-0.2, -0.15) is 0 Å². The molecule has 12 heteroatoms. The summed E-state index contributed by atoms with van der Waals surface area (Å²) in [4.78, 5) is 80.3. The van der Waals surface area contributed by atoms with Gasteiger partial charge in [-0.3, -0.25) is 38.7 Å². The highest BCUT2D eigenvalue weighted by Crippen LogP contribution is 2.31. The first-order chi connectivity index (χ1) is 17.6. The molecule has 0 saturated carbocycles. The molecule has 3 heterocycles. The fourth-order valence-electron chi connectivity index (χ4n) is 5.09. The lowest BCUT2D eigenvalue weighted by molar-refractivity contribution is -0.180. The number of ether oxygens (including phenoxy) is 1. The summed E-state index contributed by atoms with van der Waals surface area (Å²) in [6.07, 6.45) is -1.17. The molecule has 0 radical (unpaired) electrons. The highest BCUT2D eigenvalue weighted by molar-refractivity contribution is 6.23. The minimum atomic E-state index is -1.79. The third-order valence-corrected chi connectivity index (χ3v) is 7.20. The van der Waals surface area contributed by atoms with Crippen LogP contribution in [0.15, 0.2) is 24.3 Å². The van der Waals surface area contributed by atoms with Gasteiger partial charge < -0.3 is 15.2 Å². The first-order valence-corrected chi connectivity index (χ1v) is 12.3.